The Kier molecular flexibility index (Phi) is 5.15. The van der Waals surface area contributed by atoms with Crippen LogP contribution in [0.3, 0.4) is 0 Å². The monoisotopic (exact) mass is 303 g/mol. The van der Waals surface area contributed by atoms with Crippen molar-refractivity contribution < 1.29 is 9.47 Å². The first-order valence-corrected chi connectivity index (χ1v) is 7.95. The van der Waals surface area contributed by atoms with Gasteiger partial charge in [0.1, 0.15) is 0 Å². The molecule has 0 aliphatic heterocycles. The van der Waals surface area contributed by atoms with Crippen molar-refractivity contribution in [2.75, 3.05) is 20.5 Å². The van der Waals surface area contributed by atoms with Gasteiger partial charge in [-0.2, -0.15) is 0 Å². The molecule has 0 aliphatic rings. The average Bonchev–Trinajstić information content (AvgIpc) is 2.53. The van der Waals surface area contributed by atoms with E-state index in [0.29, 0.717) is 5.75 Å². The number of aryl methyl sites for hydroxylation is 1. The van der Waals surface area contributed by atoms with Crippen LogP contribution in [-0.4, -0.2) is 20.5 Å². The van der Waals surface area contributed by atoms with Gasteiger partial charge in [0.2, 0.25) is 0 Å². The number of hydrogen-bond donors (Lipinski definition) is 1. The summed E-state index contributed by atoms with van der Waals surface area (Å²) in [5.74, 6) is 1.43. The molecule has 1 atom stereocenters. The van der Waals surface area contributed by atoms with Gasteiger partial charge in [0, 0.05) is 4.90 Å². The third-order valence-electron chi connectivity index (χ3n) is 3.58. The number of benzene rings is 2. The van der Waals surface area contributed by atoms with Gasteiger partial charge in [-0.15, -0.1) is 11.8 Å². The Morgan fingerprint density at radius 1 is 1.00 bits per heavy atom. The molecule has 0 radical (unpaired) electrons. The van der Waals surface area contributed by atoms with E-state index in [1.54, 1.807) is 26.0 Å². The molecular weight excluding hydrogens is 282 g/mol. The molecule has 0 aliphatic carbocycles. The molecule has 1 unspecified atom stereocenters. The van der Waals surface area contributed by atoms with Gasteiger partial charge in [-0.1, -0.05) is 18.2 Å². The lowest BCUT2D eigenvalue weighted by Gasteiger charge is -2.20. The molecule has 0 bridgehead atoms. The summed E-state index contributed by atoms with van der Waals surface area (Å²) in [4.78, 5) is 1.19. The maximum absolute atomic E-state index is 6.50. The van der Waals surface area contributed by atoms with Crippen LogP contribution in [0.2, 0.25) is 0 Å². The normalized spacial score (nSPS) is 12.0. The number of rotatable bonds is 5. The Labute approximate surface area is 130 Å². The van der Waals surface area contributed by atoms with E-state index in [1.165, 1.54) is 4.90 Å². The number of methoxy groups -OCH3 is 2. The number of ether oxygens (including phenoxy) is 2. The topological polar surface area (TPSA) is 44.5 Å². The second kappa shape index (κ2) is 6.87. The quantitative estimate of drug-likeness (QED) is 0.854. The van der Waals surface area contributed by atoms with Crippen LogP contribution in [0.1, 0.15) is 22.7 Å². The van der Waals surface area contributed by atoms with Crippen molar-refractivity contribution >= 4 is 11.8 Å². The zero-order chi connectivity index (χ0) is 15.4. The van der Waals surface area contributed by atoms with Crippen LogP contribution in [-0.2, 0) is 0 Å². The number of nitrogens with two attached hydrogens (primary N) is 1. The molecular formula is C17H21NO2S. The fourth-order valence-corrected chi connectivity index (χ4v) is 3.07. The lowest BCUT2D eigenvalue weighted by Crippen LogP contribution is -2.14. The zero-order valence-corrected chi connectivity index (χ0v) is 13.7. The molecule has 0 amide bonds. The average molecular weight is 303 g/mol. The molecule has 21 heavy (non-hydrogen) atoms. The highest BCUT2D eigenvalue weighted by Crippen LogP contribution is 2.36. The van der Waals surface area contributed by atoms with E-state index < -0.39 is 0 Å². The van der Waals surface area contributed by atoms with Gasteiger partial charge in [-0.25, -0.2) is 0 Å². The van der Waals surface area contributed by atoms with E-state index in [1.807, 2.05) is 31.2 Å². The number of thioether (sulfide) groups is 1. The first kappa shape index (κ1) is 15.7. The molecule has 0 saturated heterocycles. The predicted molar refractivity (Wildman–Crippen MR) is 88.5 cm³/mol. The SMILES string of the molecule is COc1cc(C)c(C(N)c2ccccc2SC)cc1OC. The van der Waals surface area contributed by atoms with Gasteiger partial charge >= 0.3 is 0 Å². The molecule has 3 nitrogen and oxygen atoms in total. The van der Waals surface area contributed by atoms with Crippen LogP contribution < -0.4 is 15.2 Å². The summed E-state index contributed by atoms with van der Waals surface area (Å²) in [6.45, 7) is 2.04. The summed E-state index contributed by atoms with van der Waals surface area (Å²) in [6.07, 6.45) is 2.06. The molecule has 2 N–H and O–H groups in total. The Balaban J connectivity index is 2.50. The molecule has 112 valence electrons. The largest absolute Gasteiger partial charge is 0.493 e. The van der Waals surface area contributed by atoms with Crippen molar-refractivity contribution in [2.24, 2.45) is 5.73 Å². The maximum Gasteiger partial charge on any atom is 0.161 e. The van der Waals surface area contributed by atoms with Crippen LogP contribution in [0.15, 0.2) is 41.3 Å². The highest BCUT2D eigenvalue weighted by molar-refractivity contribution is 7.98. The predicted octanol–water partition coefficient (Wildman–Crippen LogP) is 3.78. The van der Waals surface area contributed by atoms with Crippen molar-refractivity contribution in [2.45, 2.75) is 17.9 Å². The molecule has 0 heterocycles. The van der Waals surface area contributed by atoms with Crippen molar-refractivity contribution in [3.8, 4) is 11.5 Å². The van der Waals surface area contributed by atoms with Crippen LogP contribution in [0.5, 0.6) is 11.5 Å². The second-order valence-corrected chi connectivity index (χ2v) is 5.63. The minimum absolute atomic E-state index is 0.187. The van der Waals surface area contributed by atoms with Crippen molar-refractivity contribution in [1.29, 1.82) is 0 Å². The third kappa shape index (κ3) is 3.17. The number of hydrogen-bond acceptors (Lipinski definition) is 4. The highest BCUT2D eigenvalue weighted by atomic mass is 32.2. The minimum atomic E-state index is -0.187. The smallest absolute Gasteiger partial charge is 0.161 e. The molecule has 4 heteroatoms. The van der Waals surface area contributed by atoms with Gasteiger partial charge in [0.15, 0.2) is 11.5 Å². The Morgan fingerprint density at radius 2 is 1.62 bits per heavy atom. The van der Waals surface area contributed by atoms with Crippen LogP contribution in [0, 0.1) is 6.92 Å². The van der Waals surface area contributed by atoms with Crippen molar-refractivity contribution in [1.82, 2.24) is 0 Å². The highest BCUT2D eigenvalue weighted by Gasteiger charge is 2.17. The van der Waals surface area contributed by atoms with Crippen LogP contribution in [0.4, 0.5) is 0 Å². The molecule has 2 rings (SSSR count). The molecule has 2 aromatic carbocycles. The van der Waals surface area contributed by atoms with Gasteiger partial charge in [0.05, 0.1) is 20.3 Å². The third-order valence-corrected chi connectivity index (χ3v) is 4.39. The first-order chi connectivity index (χ1) is 10.1. The summed E-state index contributed by atoms with van der Waals surface area (Å²) in [5, 5.41) is 0. The van der Waals surface area contributed by atoms with Gasteiger partial charge in [0.25, 0.3) is 0 Å². The van der Waals surface area contributed by atoms with E-state index in [-0.39, 0.29) is 6.04 Å². The standard InChI is InChI=1S/C17H21NO2S/c1-11-9-14(19-2)15(20-3)10-13(11)17(18)12-7-5-6-8-16(12)21-4/h5-10,17H,18H2,1-4H3. The van der Waals surface area contributed by atoms with E-state index in [9.17, 15) is 0 Å². The summed E-state index contributed by atoms with van der Waals surface area (Å²) in [6, 6.07) is 12.0. The molecule has 0 fully saturated rings. The summed E-state index contributed by atoms with van der Waals surface area (Å²) in [7, 11) is 3.28. The first-order valence-electron chi connectivity index (χ1n) is 6.73. The lowest BCUT2D eigenvalue weighted by atomic mass is 9.95. The zero-order valence-electron chi connectivity index (χ0n) is 12.8. The van der Waals surface area contributed by atoms with Crippen LogP contribution >= 0.6 is 11.8 Å². The van der Waals surface area contributed by atoms with Crippen molar-refractivity contribution in [3.05, 3.63) is 53.1 Å². The fourth-order valence-electron chi connectivity index (χ4n) is 2.42. The Hall–Kier alpha value is -1.65. The Bertz CT molecular complexity index is 628. The van der Waals surface area contributed by atoms with Gasteiger partial charge in [-0.3, -0.25) is 0 Å². The minimum Gasteiger partial charge on any atom is -0.493 e. The molecule has 0 aromatic heterocycles. The van der Waals surface area contributed by atoms with Gasteiger partial charge < -0.3 is 15.2 Å². The second-order valence-electron chi connectivity index (χ2n) is 4.78. The fraction of sp³-hybridized carbons (Fsp3) is 0.294. The van der Waals surface area contributed by atoms with E-state index in [4.69, 9.17) is 15.2 Å². The van der Waals surface area contributed by atoms with E-state index in [2.05, 4.69) is 18.4 Å². The molecule has 2 aromatic rings. The maximum atomic E-state index is 6.50. The van der Waals surface area contributed by atoms with Gasteiger partial charge in [-0.05, 0) is 48.1 Å². The Morgan fingerprint density at radius 3 is 2.24 bits per heavy atom. The summed E-state index contributed by atoms with van der Waals surface area (Å²) >= 11 is 1.71. The summed E-state index contributed by atoms with van der Waals surface area (Å²) in [5.41, 5.74) is 9.77. The van der Waals surface area contributed by atoms with Crippen molar-refractivity contribution in [3.63, 3.8) is 0 Å². The van der Waals surface area contributed by atoms with E-state index in [0.717, 1.165) is 22.4 Å². The van der Waals surface area contributed by atoms with Crippen LogP contribution in [0.25, 0.3) is 0 Å². The molecule has 0 saturated carbocycles. The van der Waals surface area contributed by atoms with E-state index >= 15 is 0 Å². The lowest BCUT2D eigenvalue weighted by molar-refractivity contribution is 0.354. The summed E-state index contributed by atoms with van der Waals surface area (Å²) < 4.78 is 10.7. The molecule has 0 spiro atoms.